The highest BCUT2D eigenvalue weighted by Gasteiger charge is 2.27. The molecular formula is C11H18N2O2. The lowest BCUT2D eigenvalue weighted by Gasteiger charge is -2.34. The van der Waals surface area contributed by atoms with Gasteiger partial charge in [-0.05, 0) is 19.3 Å². The summed E-state index contributed by atoms with van der Waals surface area (Å²) in [5, 5.41) is 0. The number of carbonyl (C=O) groups is 1. The minimum absolute atomic E-state index is 0.0657. The summed E-state index contributed by atoms with van der Waals surface area (Å²) in [6, 6.07) is 0. The Kier molecular flexibility index (Phi) is 3.23. The van der Waals surface area contributed by atoms with Gasteiger partial charge in [0.15, 0.2) is 6.23 Å². The van der Waals surface area contributed by atoms with Crippen LogP contribution in [-0.2, 0) is 9.53 Å². The van der Waals surface area contributed by atoms with Crippen molar-refractivity contribution in [1.82, 2.24) is 4.90 Å². The molecule has 4 nitrogen and oxygen atoms in total. The lowest BCUT2D eigenvalue weighted by atomic mass is 10.2. The second-order valence-electron chi connectivity index (χ2n) is 4.15. The Morgan fingerprint density at radius 1 is 1.47 bits per heavy atom. The molecule has 2 heterocycles. The number of rotatable bonds is 1. The van der Waals surface area contributed by atoms with E-state index in [0.717, 1.165) is 51.0 Å². The normalized spacial score (nSPS) is 26.3. The quantitative estimate of drug-likeness (QED) is 0.617. The fourth-order valence-corrected chi connectivity index (χ4v) is 2.27. The molecule has 1 fully saturated rings. The van der Waals surface area contributed by atoms with E-state index < -0.39 is 0 Å². The number of ether oxygens (including phenoxy) is 1. The first-order valence-corrected chi connectivity index (χ1v) is 5.74. The molecule has 2 aliphatic rings. The molecule has 0 spiro atoms. The smallest absolute Gasteiger partial charge is 0.304 e. The van der Waals surface area contributed by atoms with Crippen molar-refractivity contribution in [3.05, 3.63) is 0 Å². The maximum atomic E-state index is 11.0. The molecule has 1 atom stereocenters. The fraction of sp³-hybridized carbons (Fsp3) is 0.818. The number of hydrogen-bond donors (Lipinski definition) is 0. The highest BCUT2D eigenvalue weighted by atomic mass is 16.6. The summed E-state index contributed by atoms with van der Waals surface area (Å²) in [7, 11) is 0. The van der Waals surface area contributed by atoms with E-state index in [4.69, 9.17) is 4.74 Å². The molecule has 0 aromatic heterocycles. The van der Waals surface area contributed by atoms with Gasteiger partial charge in [-0.3, -0.25) is 9.79 Å². The molecule has 4 heteroatoms. The van der Waals surface area contributed by atoms with Crippen LogP contribution in [0.1, 0.15) is 39.0 Å². The molecule has 0 aromatic carbocycles. The van der Waals surface area contributed by atoms with Crippen LogP contribution in [-0.4, -0.2) is 36.0 Å². The van der Waals surface area contributed by atoms with Gasteiger partial charge in [-0.2, -0.15) is 0 Å². The largest absolute Gasteiger partial charge is 0.442 e. The number of hydrogen-bond acceptors (Lipinski definition) is 4. The fourth-order valence-electron chi connectivity index (χ4n) is 2.27. The van der Waals surface area contributed by atoms with Crippen LogP contribution in [0.2, 0.25) is 0 Å². The van der Waals surface area contributed by atoms with E-state index in [1.807, 2.05) is 0 Å². The number of amidine groups is 1. The van der Waals surface area contributed by atoms with Gasteiger partial charge in [-0.25, -0.2) is 0 Å². The zero-order chi connectivity index (χ0) is 10.7. The zero-order valence-corrected chi connectivity index (χ0v) is 9.24. The summed E-state index contributed by atoms with van der Waals surface area (Å²) >= 11 is 0. The number of carbonyl (C=O) groups excluding carboxylic acids is 1. The van der Waals surface area contributed by atoms with Crippen molar-refractivity contribution in [2.24, 2.45) is 4.99 Å². The van der Waals surface area contributed by atoms with Crippen LogP contribution in [0.4, 0.5) is 0 Å². The van der Waals surface area contributed by atoms with Crippen molar-refractivity contribution in [2.45, 2.75) is 45.3 Å². The van der Waals surface area contributed by atoms with E-state index in [2.05, 4.69) is 9.89 Å². The van der Waals surface area contributed by atoms with Crippen molar-refractivity contribution >= 4 is 11.8 Å². The van der Waals surface area contributed by atoms with E-state index in [1.165, 1.54) is 6.92 Å². The highest BCUT2D eigenvalue weighted by molar-refractivity contribution is 5.83. The molecular weight excluding hydrogens is 192 g/mol. The van der Waals surface area contributed by atoms with Crippen LogP contribution >= 0.6 is 0 Å². The predicted molar refractivity (Wildman–Crippen MR) is 57.6 cm³/mol. The molecule has 2 rings (SSSR count). The lowest BCUT2D eigenvalue weighted by molar-refractivity contribution is -0.153. The van der Waals surface area contributed by atoms with Crippen LogP contribution in [0.15, 0.2) is 4.99 Å². The monoisotopic (exact) mass is 210 g/mol. The van der Waals surface area contributed by atoms with Crippen LogP contribution in [0, 0.1) is 0 Å². The molecule has 0 amide bonds. The first-order chi connectivity index (χ1) is 7.27. The molecule has 0 N–H and O–H groups in total. The van der Waals surface area contributed by atoms with E-state index >= 15 is 0 Å². The minimum Gasteiger partial charge on any atom is -0.442 e. The van der Waals surface area contributed by atoms with Crippen LogP contribution in [0.3, 0.4) is 0 Å². The summed E-state index contributed by atoms with van der Waals surface area (Å²) in [6.45, 7) is 3.39. The summed E-state index contributed by atoms with van der Waals surface area (Å²) in [5.74, 6) is 0.955. The Balaban J connectivity index is 2.10. The Morgan fingerprint density at radius 2 is 2.33 bits per heavy atom. The topological polar surface area (TPSA) is 41.9 Å². The summed E-state index contributed by atoms with van der Waals surface area (Å²) in [5.41, 5.74) is 0. The third kappa shape index (κ3) is 2.49. The van der Waals surface area contributed by atoms with Crippen LogP contribution < -0.4 is 0 Å². The predicted octanol–water partition coefficient (Wildman–Crippen LogP) is 1.55. The van der Waals surface area contributed by atoms with Gasteiger partial charge in [0, 0.05) is 32.9 Å². The van der Waals surface area contributed by atoms with Crippen LogP contribution in [0.5, 0.6) is 0 Å². The Labute approximate surface area is 90.3 Å². The second-order valence-corrected chi connectivity index (χ2v) is 4.15. The van der Waals surface area contributed by atoms with Gasteiger partial charge >= 0.3 is 5.97 Å². The number of esters is 1. The molecule has 2 aliphatic heterocycles. The van der Waals surface area contributed by atoms with Crippen molar-refractivity contribution in [2.75, 3.05) is 13.1 Å². The molecule has 0 radical (unpaired) electrons. The van der Waals surface area contributed by atoms with E-state index in [1.54, 1.807) is 0 Å². The van der Waals surface area contributed by atoms with Gasteiger partial charge < -0.3 is 9.64 Å². The number of aliphatic imine (C=N–C) groups is 1. The van der Waals surface area contributed by atoms with Crippen molar-refractivity contribution in [3.63, 3.8) is 0 Å². The number of nitrogens with zero attached hydrogens (tertiary/aromatic N) is 2. The molecule has 0 saturated carbocycles. The average Bonchev–Trinajstić information content (AvgIpc) is 2.41. The first kappa shape index (κ1) is 10.5. The molecule has 0 bridgehead atoms. The van der Waals surface area contributed by atoms with E-state index in [0.29, 0.717) is 0 Å². The van der Waals surface area contributed by atoms with Gasteiger partial charge in [0.25, 0.3) is 0 Å². The molecule has 1 unspecified atom stereocenters. The average molecular weight is 210 g/mol. The van der Waals surface area contributed by atoms with E-state index in [9.17, 15) is 4.79 Å². The van der Waals surface area contributed by atoms with Crippen molar-refractivity contribution in [1.29, 1.82) is 0 Å². The lowest BCUT2D eigenvalue weighted by Crippen LogP contribution is -2.44. The van der Waals surface area contributed by atoms with Gasteiger partial charge in [-0.1, -0.05) is 0 Å². The Morgan fingerprint density at radius 3 is 3.13 bits per heavy atom. The van der Waals surface area contributed by atoms with Crippen molar-refractivity contribution in [3.8, 4) is 0 Å². The van der Waals surface area contributed by atoms with E-state index in [-0.39, 0.29) is 12.2 Å². The molecule has 0 aliphatic carbocycles. The van der Waals surface area contributed by atoms with Gasteiger partial charge in [0.2, 0.25) is 0 Å². The third-order valence-corrected chi connectivity index (χ3v) is 2.93. The molecule has 15 heavy (non-hydrogen) atoms. The zero-order valence-electron chi connectivity index (χ0n) is 9.24. The van der Waals surface area contributed by atoms with Gasteiger partial charge in [-0.15, -0.1) is 0 Å². The van der Waals surface area contributed by atoms with Gasteiger partial charge in [0.1, 0.15) is 5.84 Å². The summed E-state index contributed by atoms with van der Waals surface area (Å²) in [6.07, 6.45) is 5.27. The maximum Gasteiger partial charge on any atom is 0.304 e. The maximum absolute atomic E-state index is 11.0. The molecule has 0 aromatic rings. The Bertz CT molecular complexity index is 276. The molecule has 1 saturated heterocycles. The molecule has 84 valence electrons. The highest BCUT2D eigenvalue weighted by Crippen LogP contribution is 2.22. The minimum atomic E-state index is -0.188. The van der Waals surface area contributed by atoms with Crippen LogP contribution in [0.25, 0.3) is 0 Å². The summed E-state index contributed by atoms with van der Waals surface area (Å²) < 4.78 is 5.35. The number of fused-ring (bicyclic) bond motifs is 1. The Hall–Kier alpha value is -1.06. The summed E-state index contributed by atoms with van der Waals surface area (Å²) in [4.78, 5) is 17.7. The second kappa shape index (κ2) is 4.64. The van der Waals surface area contributed by atoms with Crippen molar-refractivity contribution < 1.29 is 9.53 Å². The SMILES string of the molecule is CC(=O)OC1CCCCC2=NCCCN21. The van der Waals surface area contributed by atoms with Gasteiger partial charge in [0.05, 0.1) is 0 Å². The first-order valence-electron chi connectivity index (χ1n) is 5.74. The standard InChI is InChI=1S/C11H18N2O2/c1-9(14)15-11-6-3-2-5-10-12-7-4-8-13(10)11/h11H,2-8H2,1H3. The third-order valence-electron chi connectivity index (χ3n) is 2.93.